The molecule has 17 heavy (non-hydrogen) atoms. The van der Waals surface area contributed by atoms with Crippen molar-refractivity contribution >= 4 is 13.3 Å². The van der Waals surface area contributed by atoms with Crippen LogP contribution in [0.2, 0.25) is 0 Å². The van der Waals surface area contributed by atoms with Crippen LogP contribution >= 0.6 is 0 Å². The average Bonchev–Trinajstić information content (AvgIpc) is 2.12. The van der Waals surface area contributed by atoms with E-state index in [0.717, 1.165) is 6.20 Å². The second-order valence-electron chi connectivity index (χ2n) is 3.21. The maximum atomic E-state index is 12.4. The van der Waals surface area contributed by atoms with Crippen molar-refractivity contribution in [2.45, 2.75) is 18.0 Å². The Morgan fingerprint density at radius 3 is 1.82 bits per heavy atom. The van der Waals surface area contributed by atoms with E-state index < -0.39 is 29.0 Å². The molecule has 0 amide bonds. The van der Waals surface area contributed by atoms with E-state index >= 15 is 0 Å². The topological polar surface area (TPSA) is 33.1 Å². The Labute approximate surface area is 92.7 Å². The summed E-state index contributed by atoms with van der Waals surface area (Å²) in [5, 5.41) is 8.93. The Morgan fingerprint density at radius 2 is 1.47 bits per heavy atom. The van der Waals surface area contributed by atoms with Crippen LogP contribution < -0.4 is 5.46 Å². The van der Waals surface area contributed by atoms with Crippen LogP contribution in [0.15, 0.2) is 18.5 Å². The smallest absolute Gasteiger partial charge is 0.369 e. The van der Waals surface area contributed by atoms with E-state index in [9.17, 15) is 26.3 Å². The van der Waals surface area contributed by atoms with Crippen LogP contribution in [0, 0.1) is 0 Å². The summed E-state index contributed by atoms with van der Waals surface area (Å²) in [4.78, 5) is 3.09. The largest absolute Gasteiger partial charge is 0.430 e. The summed E-state index contributed by atoms with van der Waals surface area (Å²) in [6.45, 7) is 0. The van der Waals surface area contributed by atoms with Crippen molar-refractivity contribution in [2.24, 2.45) is 0 Å². The number of halogens is 6. The molecule has 1 aromatic heterocycles. The van der Waals surface area contributed by atoms with Gasteiger partial charge in [-0.3, -0.25) is 4.98 Å². The first-order chi connectivity index (χ1) is 7.50. The predicted octanol–water partition coefficient (Wildman–Crippen LogP) is 1.19. The van der Waals surface area contributed by atoms with E-state index in [1.54, 1.807) is 0 Å². The summed E-state index contributed by atoms with van der Waals surface area (Å²) in [5.41, 5.74) is -6.88. The van der Waals surface area contributed by atoms with E-state index in [0.29, 0.717) is 6.07 Å². The van der Waals surface area contributed by atoms with E-state index in [-0.39, 0.29) is 6.20 Å². The molecule has 1 rings (SSSR count). The van der Waals surface area contributed by atoms with Gasteiger partial charge in [-0.1, -0.05) is 11.5 Å². The summed E-state index contributed by atoms with van der Waals surface area (Å²) >= 11 is 0. The first-order valence-corrected chi connectivity index (χ1v) is 4.07. The molecular formula is C8H4BF6NO. The molecule has 92 valence electrons. The highest BCUT2D eigenvalue weighted by Gasteiger charge is 2.71. The molecule has 0 spiro atoms. The lowest BCUT2D eigenvalue weighted by molar-refractivity contribution is -0.376. The van der Waals surface area contributed by atoms with Gasteiger partial charge in [-0.05, 0) is 0 Å². The fourth-order valence-electron chi connectivity index (χ4n) is 1.14. The monoisotopic (exact) mass is 255 g/mol. The third-order valence-corrected chi connectivity index (χ3v) is 2.00. The number of nitrogens with zero attached hydrogens (tertiary/aromatic N) is 1. The van der Waals surface area contributed by atoms with Gasteiger partial charge in [-0.2, -0.15) is 26.3 Å². The SMILES string of the molecule is [B]c1cncc(C(O)(C(F)(F)F)C(F)(F)F)c1. The van der Waals surface area contributed by atoms with Gasteiger partial charge in [0, 0.05) is 18.0 Å². The Kier molecular flexibility index (Phi) is 3.17. The molecule has 0 unspecified atom stereocenters. The maximum Gasteiger partial charge on any atom is 0.430 e. The quantitative estimate of drug-likeness (QED) is 0.603. The van der Waals surface area contributed by atoms with E-state index in [1.165, 1.54) is 0 Å². The van der Waals surface area contributed by atoms with Gasteiger partial charge in [0.1, 0.15) is 7.85 Å². The first-order valence-electron chi connectivity index (χ1n) is 4.07. The van der Waals surface area contributed by atoms with Crippen molar-refractivity contribution in [3.63, 3.8) is 0 Å². The number of hydrogen-bond donors (Lipinski definition) is 1. The molecule has 0 fully saturated rings. The van der Waals surface area contributed by atoms with Gasteiger partial charge in [-0.15, -0.1) is 0 Å². The zero-order valence-corrected chi connectivity index (χ0v) is 7.97. The summed E-state index contributed by atoms with van der Waals surface area (Å²) in [6, 6.07) is 0.369. The van der Waals surface area contributed by atoms with E-state index in [1.807, 2.05) is 0 Å². The molecule has 9 heteroatoms. The van der Waals surface area contributed by atoms with Gasteiger partial charge in [0.25, 0.3) is 5.60 Å². The Balaban J connectivity index is 3.46. The van der Waals surface area contributed by atoms with Crippen molar-refractivity contribution < 1.29 is 31.4 Å². The van der Waals surface area contributed by atoms with Crippen molar-refractivity contribution in [1.29, 1.82) is 0 Å². The molecule has 0 aliphatic carbocycles. The Bertz CT molecular complexity index is 401. The van der Waals surface area contributed by atoms with Crippen LogP contribution in [-0.2, 0) is 5.60 Å². The zero-order chi connectivity index (χ0) is 13.5. The Morgan fingerprint density at radius 1 is 1.00 bits per heavy atom. The van der Waals surface area contributed by atoms with Crippen LogP contribution in [0.5, 0.6) is 0 Å². The summed E-state index contributed by atoms with van der Waals surface area (Å²) < 4.78 is 74.3. The minimum atomic E-state index is -5.93. The minimum Gasteiger partial charge on any atom is -0.369 e. The lowest BCUT2D eigenvalue weighted by atomic mass is 9.89. The lowest BCUT2D eigenvalue weighted by Crippen LogP contribution is -2.54. The average molecular weight is 255 g/mol. The molecule has 2 nitrogen and oxygen atoms in total. The normalized spacial score (nSPS) is 13.8. The van der Waals surface area contributed by atoms with Crippen molar-refractivity contribution in [1.82, 2.24) is 4.98 Å². The van der Waals surface area contributed by atoms with Crippen LogP contribution in [0.4, 0.5) is 26.3 Å². The highest BCUT2D eigenvalue weighted by Crippen LogP contribution is 2.49. The second-order valence-corrected chi connectivity index (χ2v) is 3.21. The molecule has 0 saturated heterocycles. The van der Waals surface area contributed by atoms with Crippen LogP contribution in [0.25, 0.3) is 0 Å². The first kappa shape index (κ1) is 13.8. The number of rotatable bonds is 1. The van der Waals surface area contributed by atoms with Crippen LogP contribution in [-0.4, -0.2) is 30.3 Å². The zero-order valence-electron chi connectivity index (χ0n) is 7.97. The van der Waals surface area contributed by atoms with Gasteiger partial charge in [0.15, 0.2) is 0 Å². The molecular weight excluding hydrogens is 251 g/mol. The lowest BCUT2D eigenvalue weighted by Gasteiger charge is -2.32. The van der Waals surface area contributed by atoms with Gasteiger partial charge in [0.05, 0.1) is 0 Å². The number of hydrogen-bond acceptors (Lipinski definition) is 2. The van der Waals surface area contributed by atoms with E-state index in [2.05, 4.69) is 4.98 Å². The van der Waals surface area contributed by atoms with Crippen LogP contribution in [0.1, 0.15) is 5.56 Å². The van der Waals surface area contributed by atoms with Gasteiger partial charge in [-0.25, -0.2) is 0 Å². The number of pyridine rings is 1. The van der Waals surface area contributed by atoms with Gasteiger partial charge < -0.3 is 5.11 Å². The fourth-order valence-corrected chi connectivity index (χ4v) is 1.14. The molecule has 1 N–H and O–H groups in total. The second kappa shape index (κ2) is 3.90. The molecule has 2 radical (unpaired) electrons. The fraction of sp³-hybridized carbons (Fsp3) is 0.375. The summed E-state index contributed by atoms with van der Waals surface area (Å²) in [5.74, 6) is 0. The summed E-state index contributed by atoms with van der Waals surface area (Å²) in [6.07, 6.45) is -10.7. The molecule has 0 aliphatic heterocycles. The maximum absolute atomic E-state index is 12.4. The highest BCUT2D eigenvalue weighted by molar-refractivity contribution is 6.32. The van der Waals surface area contributed by atoms with Crippen molar-refractivity contribution in [3.8, 4) is 0 Å². The predicted molar refractivity (Wildman–Crippen MR) is 45.6 cm³/mol. The van der Waals surface area contributed by atoms with Gasteiger partial charge >= 0.3 is 12.4 Å². The summed E-state index contributed by atoms with van der Waals surface area (Å²) in [7, 11) is 5.03. The minimum absolute atomic E-state index is 0.261. The van der Waals surface area contributed by atoms with Crippen molar-refractivity contribution in [2.75, 3.05) is 0 Å². The molecule has 0 aliphatic rings. The number of alkyl halides is 6. The Hall–Kier alpha value is -1.25. The molecule has 0 saturated carbocycles. The number of aliphatic hydroxyl groups is 1. The van der Waals surface area contributed by atoms with Crippen LogP contribution in [0.3, 0.4) is 0 Å². The molecule has 0 aromatic carbocycles. The van der Waals surface area contributed by atoms with Crippen molar-refractivity contribution in [3.05, 3.63) is 24.0 Å². The number of aromatic nitrogens is 1. The van der Waals surface area contributed by atoms with Gasteiger partial charge in [0.2, 0.25) is 0 Å². The third kappa shape index (κ3) is 2.24. The molecule has 1 aromatic rings. The standard InChI is InChI=1S/C8H4BF6NO/c9-5-1-4(2-16-3-5)6(17,7(10,11)12)8(13,14)15/h1-3,17H. The third-order valence-electron chi connectivity index (χ3n) is 2.00. The molecule has 1 heterocycles. The molecule has 0 bridgehead atoms. The highest BCUT2D eigenvalue weighted by atomic mass is 19.4. The molecule has 0 atom stereocenters. The van der Waals surface area contributed by atoms with E-state index in [4.69, 9.17) is 13.0 Å².